The fraction of sp³-hybridized carbons (Fsp3) is 0.941. The number of piperidine rings is 1. The van der Waals surface area contributed by atoms with Crippen molar-refractivity contribution in [3.8, 4) is 0 Å². The van der Waals surface area contributed by atoms with Crippen molar-refractivity contribution in [2.45, 2.75) is 72.4 Å². The molecule has 1 aliphatic rings. The highest BCUT2D eigenvalue weighted by Gasteiger charge is 2.21. The van der Waals surface area contributed by atoms with E-state index in [1.165, 1.54) is 38.8 Å². The summed E-state index contributed by atoms with van der Waals surface area (Å²) in [5, 5.41) is 7.02. The van der Waals surface area contributed by atoms with Gasteiger partial charge in [-0.3, -0.25) is 4.99 Å². The van der Waals surface area contributed by atoms with Crippen molar-refractivity contribution >= 4 is 29.9 Å². The number of rotatable bonds is 5. The number of likely N-dealkylation sites (tertiary alicyclic amines) is 1. The summed E-state index contributed by atoms with van der Waals surface area (Å²) >= 11 is 0. The molecule has 5 heteroatoms. The molecule has 1 fully saturated rings. The number of hydrogen-bond acceptors (Lipinski definition) is 2. The summed E-state index contributed by atoms with van der Waals surface area (Å²) in [6.45, 7) is 14.8. The van der Waals surface area contributed by atoms with Crippen LogP contribution in [0.25, 0.3) is 0 Å². The lowest BCUT2D eigenvalue weighted by Gasteiger charge is -2.35. The number of guanidine groups is 1. The SMILES string of the molecule is CN=C(NCCCC(C)(C)C)NC1CCN(C(C)C)CC1.I. The van der Waals surface area contributed by atoms with Crippen LogP contribution in [0.1, 0.15) is 60.3 Å². The predicted octanol–water partition coefficient (Wildman–Crippen LogP) is 3.47. The highest BCUT2D eigenvalue weighted by Crippen LogP contribution is 2.19. The normalized spacial score (nSPS) is 18.2. The fourth-order valence-electron chi connectivity index (χ4n) is 2.77. The molecule has 0 aromatic carbocycles. The predicted molar refractivity (Wildman–Crippen MR) is 108 cm³/mol. The number of nitrogens with one attached hydrogen (secondary N) is 2. The second kappa shape index (κ2) is 10.7. The molecule has 4 nitrogen and oxygen atoms in total. The average molecular weight is 424 g/mol. The van der Waals surface area contributed by atoms with Crippen molar-refractivity contribution in [1.29, 1.82) is 0 Å². The summed E-state index contributed by atoms with van der Waals surface area (Å²) < 4.78 is 0. The Labute approximate surface area is 154 Å². The molecule has 0 unspecified atom stereocenters. The lowest BCUT2D eigenvalue weighted by atomic mass is 9.91. The summed E-state index contributed by atoms with van der Waals surface area (Å²) in [5.41, 5.74) is 0.419. The van der Waals surface area contributed by atoms with Crippen molar-refractivity contribution in [3.63, 3.8) is 0 Å². The van der Waals surface area contributed by atoms with Gasteiger partial charge >= 0.3 is 0 Å². The van der Waals surface area contributed by atoms with Crippen molar-refractivity contribution < 1.29 is 0 Å². The summed E-state index contributed by atoms with van der Waals surface area (Å²) in [5.74, 6) is 0.965. The van der Waals surface area contributed by atoms with E-state index in [0.29, 0.717) is 17.5 Å². The maximum atomic E-state index is 4.35. The zero-order valence-corrected chi connectivity index (χ0v) is 17.7. The first-order valence-electron chi connectivity index (χ1n) is 8.53. The molecule has 0 aliphatic carbocycles. The molecular weight excluding hydrogens is 387 g/mol. The van der Waals surface area contributed by atoms with Crippen molar-refractivity contribution in [1.82, 2.24) is 15.5 Å². The number of hydrogen-bond donors (Lipinski definition) is 2. The van der Waals surface area contributed by atoms with Gasteiger partial charge in [0.25, 0.3) is 0 Å². The smallest absolute Gasteiger partial charge is 0.191 e. The first-order chi connectivity index (χ1) is 9.81. The molecule has 22 heavy (non-hydrogen) atoms. The summed E-state index contributed by atoms with van der Waals surface area (Å²) in [6, 6.07) is 1.23. The van der Waals surface area contributed by atoms with Crippen LogP contribution in [-0.4, -0.2) is 49.6 Å². The van der Waals surface area contributed by atoms with Crippen LogP contribution in [-0.2, 0) is 0 Å². The van der Waals surface area contributed by atoms with Gasteiger partial charge in [0.15, 0.2) is 5.96 Å². The number of halogens is 1. The molecule has 1 rings (SSSR count). The zero-order valence-electron chi connectivity index (χ0n) is 15.4. The molecule has 0 saturated carbocycles. The Kier molecular flexibility index (Phi) is 10.7. The first kappa shape index (κ1) is 22.0. The monoisotopic (exact) mass is 424 g/mol. The Morgan fingerprint density at radius 2 is 1.82 bits per heavy atom. The van der Waals surface area contributed by atoms with Gasteiger partial charge in [0.2, 0.25) is 0 Å². The Morgan fingerprint density at radius 1 is 1.23 bits per heavy atom. The molecule has 1 aliphatic heterocycles. The van der Waals surface area contributed by atoms with Gasteiger partial charge in [-0.25, -0.2) is 0 Å². The molecule has 2 N–H and O–H groups in total. The summed E-state index contributed by atoms with van der Waals surface area (Å²) in [4.78, 5) is 6.90. The molecule has 0 aromatic rings. The zero-order chi connectivity index (χ0) is 15.9. The van der Waals surface area contributed by atoms with Gasteiger partial charge in [-0.1, -0.05) is 20.8 Å². The van der Waals surface area contributed by atoms with E-state index in [4.69, 9.17) is 0 Å². The highest BCUT2D eigenvalue weighted by molar-refractivity contribution is 14.0. The molecule has 0 aromatic heterocycles. The van der Waals surface area contributed by atoms with E-state index in [1.54, 1.807) is 0 Å². The van der Waals surface area contributed by atoms with E-state index in [2.05, 4.69) is 55.1 Å². The molecule has 0 spiro atoms. The fourth-order valence-corrected chi connectivity index (χ4v) is 2.77. The quantitative estimate of drug-likeness (QED) is 0.307. The minimum absolute atomic E-state index is 0. The Hall–Kier alpha value is -0.0400. The summed E-state index contributed by atoms with van der Waals surface area (Å²) in [6.07, 6.45) is 4.85. The van der Waals surface area contributed by atoms with Crippen LogP contribution < -0.4 is 10.6 Å². The van der Waals surface area contributed by atoms with Gasteiger partial charge in [-0.15, -0.1) is 24.0 Å². The third-order valence-electron chi connectivity index (χ3n) is 4.22. The van der Waals surface area contributed by atoms with Crippen LogP contribution in [0.2, 0.25) is 0 Å². The van der Waals surface area contributed by atoms with Gasteiger partial charge < -0.3 is 15.5 Å². The van der Waals surface area contributed by atoms with E-state index >= 15 is 0 Å². The third kappa shape index (κ3) is 9.18. The summed E-state index contributed by atoms with van der Waals surface area (Å²) in [7, 11) is 1.86. The second-order valence-electron chi connectivity index (χ2n) is 7.71. The minimum Gasteiger partial charge on any atom is -0.356 e. The molecule has 132 valence electrons. The average Bonchev–Trinajstić information content (AvgIpc) is 2.41. The van der Waals surface area contributed by atoms with Crippen LogP contribution in [0.3, 0.4) is 0 Å². The van der Waals surface area contributed by atoms with Crippen LogP contribution in [0.15, 0.2) is 4.99 Å². The molecule has 0 amide bonds. The van der Waals surface area contributed by atoms with Crippen LogP contribution in [0, 0.1) is 5.41 Å². The van der Waals surface area contributed by atoms with Gasteiger partial charge in [-0.05, 0) is 44.9 Å². The molecule has 1 saturated heterocycles. The van der Waals surface area contributed by atoms with Crippen LogP contribution in [0.5, 0.6) is 0 Å². The van der Waals surface area contributed by atoms with E-state index in [0.717, 1.165) is 12.5 Å². The Morgan fingerprint density at radius 3 is 2.27 bits per heavy atom. The maximum Gasteiger partial charge on any atom is 0.191 e. The molecule has 0 bridgehead atoms. The van der Waals surface area contributed by atoms with E-state index < -0.39 is 0 Å². The number of aliphatic imine (C=N–C) groups is 1. The van der Waals surface area contributed by atoms with E-state index in [1.807, 2.05) is 7.05 Å². The first-order valence-corrected chi connectivity index (χ1v) is 8.53. The van der Waals surface area contributed by atoms with Crippen LogP contribution >= 0.6 is 24.0 Å². The van der Waals surface area contributed by atoms with E-state index in [-0.39, 0.29) is 24.0 Å². The molecular formula is C17H37IN4. The standard InChI is InChI=1S/C17H36N4.HI/c1-14(2)21-12-8-15(9-13-21)20-16(18-6)19-11-7-10-17(3,4)5;/h14-15H,7-13H2,1-6H3,(H2,18,19,20);1H. The minimum atomic E-state index is 0. The molecule has 0 atom stereocenters. The largest absolute Gasteiger partial charge is 0.356 e. The molecule has 1 heterocycles. The third-order valence-corrected chi connectivity index (χ3v) is 4.22. The van der Waals surface area contributed by atoms with Gasteiger partial charge in [0, 0.05) is 38.8 Å². The highest BCUT2D eigenvalue weighted by atomic mass is 127. The van der Waals surface area contributed by atoms with Crippen molar-refractivity contribution in [2.75, 3.05) is 26.7 Å². The van der Waals surface area contributed by atoms with Gasteiger partial charge in [-0.2, -0.15) is 0 Å². The van der Waals surface area contributed by atoms with Gasteiger partial charge in [0.05, 0.1) is 0 Å². The molecule has 0 radical (unpaired) electrons. The van der Waals surface area contributed by atoms with Crippen LogP contribution in [0.4, 0.5) is 0 Å². The lowest BCUT2D eigenvalue weighted by Crippen LogP contribution is -2.50. The topological polar surface area (TPSA) is 39.7 Å². The van der Waals surface area contributed by atoms with Crippen molar-refractivity contribution in [3.05, 3.63) is 0 Å². The maximum absolute atomic E-state index is 4.35. The van der Waals surface area contributed by atoms with Crippen molar-refractivity contribution in [2.24, 2.45) is 10.4 Å². The van der Waals surface area contributed by atoms with Gasteiger partial charge in [0.1, 0.15) is 0 Å². The number of nitrogens with zero attached hydrogens (tertiary/aromatic N) is 2. The Balaban J connectivity index is 0.00000441. The Bertz CT molecular complexity index is 315. The van der Waals surface area contributed by atoms with E-state index in [9.17, 15) is 0 Å². The second-order valence-corrected chi connectivity index (χ2v) is 7.71. The lowest BCUT2D eigenvalue weighted by molar-refractivity contribution is 0.167.